The number of anilines is 3. The summed E-state index contributed by atoms with van der Waals surface area (Å²) in [4.78, 5) is 21.1. The molecule has 3 rings (SSSR count). The molecule has 1 N–H and O–H groups in total. The summed E-state index contributed by atoms with van der Waals surface area (Å²) in [6.45, 7) is 4.70. The Labute approximate surface area is 147 Å². The summed E-state index contributed by atoms with van der Waals surface area (Å²) in [5.74, 6) is 1.73. The second-order valence-corrected chi connectivity index (χ2v) is 7.53. The minimum Gasteiger partial charge on any atom is -0.352 e. The van der Waals surface area contributed by atoms with Crippen LogP contribution in [0.15, 0.2) is 31.0 Å². The van der Waals surface area contributed by atoms with Gasteiger partial charge in [0.2, 0.25) is 10.0 Å². The summed E-state index contributed by atoms with van der Waals surface area (Å²) in [6.07, 6.45) is 8.66. The molecular weight excluding hydrogens is 342 g/mol. The molecule has 2 aromatic heterocycles. The minimum atomic E-state index is -3.41. The van der Waals surface area contributed by atoms with Crippen LogP contribution >= 0.6 is 0 Å². The molecule has 25 heavy (non-hydrogen) atoms. The van der Waals surface area contributed by atoms with Crippen LogP contribution in [0.3, 0.4) is 0 Å². The molecule has 2 aromatic rings. The molecule has 1 saturated heterocycles. The van der Waals surface area contributed by atoms with Gasteiger partial charge in [-0.2, -0.15) is 0 Å². The van der Waals surface area contributed by atoms with E-state index in [1.165, 1.54) is 6.20 Å². The predicted molar refractivity (Wildman–Crippen MR) is 96.2 cm³/mol. The summed E-state index contributed by atoms with van der Waals surface area (Å²) in [5.41, 5.74) is 0. The van der Waals surface area contributed by atoms with Crippen molar-refractivity contribution in [1.82, 2.24) is 19.9 Å². The maximum atomic E-state index is 12.1. The Balaban J connectivity index is 1.71. The Hall–Kier alpha value is -2.49. The van der Waals surface area contributed by atoms with Gasteiger partial charge in [-0.25, -0.2) is 23.4 Å². The number of nitrogens with one attached hydrogen (secondary N) is 1. The van der Waals surface area contributed by atoms with E-state index in [9.17, 15) is 8.42 Å². The van der Waals surface area contributed by atoms with Gasteiger partial charge in [-0.1, -0.05) is 6.92 Å². The number of aromatic nitrogens is 4. The average Bonchev–Trinajstić information content (AvgIpc) is 2.63. The zero-order chi connectivity index (χ0) is 17.7. The summed E-state index contributed by atoms with van der Waals surface area (Å²) in [5, 5.41) is 0. The van der Waals surface area contributed by atoms with E-state index in [0.717, 1.165) is 18.9 Å². The fourth-order valence-corrected chi connectivity index (χ4v) is 3.78. The summed E-state index contributed by atoms with van der Waals surface area (Å²) >= 11 is 0. The molecule has 0 atom stereocenters. The lowest BCUT2D eigenvalue weighted by atomic mass is 10.3. The van der Waals surface area contributed by atoms with Crippen molar-refractivity contribution in [2.45, 2.75) is 13.3 Å². The predicted octanol–water partition coefficient (Wildman–Crippen LogP) is 0.745. The lowest BCUT2D eigenvalue weighted by Gasteiger charge is -2.36. The number of hydrogen-bond donors (Lipinski definition) is 1. The molecule has 1 fully saturated rings. The van der Waals surface area contributed by atoms with Crippen molar-refractivity contribution in [2.75, 3.05) is 46.5 Å². The van der Waals surface area contributed by atoms with E-state index < -0.39 is 10.0 Å². The monoisotopic (exact) mass is 363 g/mol. The van der Waals surface area contributed by atoms with Crippen LogP contribution in [0.25, 0.3) is 0 Å². The highest BCUT2D eigenvalue weighted by Crippen LogP contribution is 2.23. The topological polar surface area (TPSA) is 104 Å². The molecule has 3 heterocycles. The third-order valence-electron chi connectivity index (χ3n) is 3.86. The zero-order valence-corrected chi connectivity index (χ0v) is 14.9. The summed E-state index contributed by atoms with van der Waals surface area (Å²) in [6, 6.07) is 0. The quantitative estimate of drug-likeness (QED) is 0.801. The second kappa shape index (κ2) is 7.60. The third kappa shape index (κ3) is 4.32. The van der Waals surface area contributed by atoms with Gasteiger partial charge in [0.25, 0.3) is 0 Å². The first-order chi connectivity index (χ1) is 12.1. The van der Waals surface area contributed by atoms with Gasteiger partial charge in [-0.05, 0) is 6.42 Å². The highest BCUT2D eigenvalue weighted by molar-refractivity contribution is 7.92. The lowest BCUT2D eigenvalue weighted by Crippen LogP contribution is -2.47. The van der Waals surface area contributed by atoms with Gasteiger partial charge in [0.1, 0.15) is 5.82 Å². The molecule has 0 saturated carbocycles. The highest BCUT2D eigenvalue weighted by atomic mass is 32.2. The van der Waals surface area contributed by atoms with E-state index in [1.54, 1.807) is 24.8 Å². The second-order valence-electron chi connectivity index (χ2n) is 5.69. The van der Waals surface area contributed by atoms with Crippen LogP contribution in [0.5, 0.6) is 0 Å². The van der Waals surface area contributed by atoms with E-state index >= 15 is 0 Å². The van der Waals surface area contributed by atoms with Crippen molar-refractivity contribution in [3.05, 3.63) is 31.0 Å². The molecule has 0 bridgehead atoms. The number of nitrogens with zero attached hydrogens (tertiary/aromatic N) is 6. The van der Waals surface area contributed by atoms with Crippen molar-refractivity contribution in [2.24, 2.45) is 0 Å². The molecule has 9 nitrogen and oxygen atoms in total. The van der Waals surface area contributed by atoms with Crippen LogP contribution in [0.1, 0.15) is 13.3 Å². The molecule has 0 aliphatic carbocycles. The van der Waals surface area contributed by atoms with Gasteiger partial charge in [0, 0.05) is 51.0 Å². The minimum absolute atomic E-state index is 0.0590. The van der Waals surface area contributed by atoms with Crippen LogP contribution in [0.4, 0.5) is 17.5 Å². The normalized spacial score (nSPS) is 15.2. The molecule has 0 amide bonds. The standard InChI is InChI=1S/C15H21N7O2S/c1-2-11-25(23,24)20-14-15(19-6-5-18-14)22-9-7-21(8-10-22)13-12-16-3-4-17-13/h3-6,12H,2,7-11H2,1H3,(H,18,20). The van der Waals surface area contributed by atoms with E-state index in [1.807, 2.05) is 11.8 Å². The molecule has 10 heteroatoms. The van der Waals surface area contributed by atoms with Crippen molar-refractivity contribution < 1.29 is 8.42 Å². The molecule has 0 aromatic carbocycles. The van der Waals surface area contributed by atoms with Gasteiger partial charge in [-0.15, -0.1) is 0 Å². The van der Waals surface area contributed by atoms with Crippen LogP contribution in [0, 0.1) is 0 Å². The number of piperazine rings is 1. The Bertz CT molecular complexity index is 793. The van der Waals surface area contributed by atoms with Gasteiger partial charge in [-0.3, -0.25) is 9.71 Å². The van der Waals surface area contributed by atoms with Gasteiger partial charge in [0.15, 0.2) is 11.6 Å². The fourth-order valence-electron chi connectivity index (χ4n) is 2.70. The van der Waals surface area contributed by atoms with Gasteiger partial charge < -0.3 is 9.80 Å². The van der Waals surface area contributed by atoms with Gasteiger partial charge >= 0.3 is 0 Å². The number of rotatable bonds is 6. The number of hydrogen-bond acceptors (Lipinski definition) is 8. The number of sulfonamides is 1. The summed E-state index contributed by atoms with van der Waals surface area (Å²) < 4.78 is 26.7. The smallest absolute Gasteiger partial charge is 0.233 e. The molecule has 0 radical (unpaired) electrons. The Morgan fingerprint density at radius 1 is 1.00 bits per heavy atom. The molecule has 134 valence electrons. The fraction of sp³-hybridized carbons (Fsp3) is 0.467. The Morgan fingerprint density at radius 3 is 2.36 bits per heavy atom. The molecular formula is C15H21N7O2S. The first-order valence-electron chi connectivity index (χ1n) is 8.16. The van der Waals surface area contributed by atoms with E-state index in [4.69, 9.17) is 0 Å². The molecule has 1 aliphatic rings. The first-order valence-corrected chi connectivity index (χ1v) is 9.81. The summed E-state index contributed by atoms with van der Waals surface area (Å²) in [7, 11) is -3.41. The van der Waals surface area contributed by atoms with Crippen LogP contribution in [0.2, 0.25) is 0 Å². The Kier molecular flexibility index (Phi) is 5.27. The maximum Gasteiger partial charge on any atom is 0.233 e. The molecule has 0 spiro atoms. The Morgan fingerprint density at radius 2 is 1.68 bits per heavy atom. The van der Waals surface area contributed by atoms with E-state index in [0.29, 0.717) is 25.3 Å². The van der Waals surface area contributed by atoms with Crippen molar-refractivity contribution >= 4 is 27.5 Å². The van der Waals surface area contributed by atoms with Crippen LogP contribution < -0.4 is 14.5 Å². The van der Waals surface area contributed by atoms with Crippen LogP contribution in [-0.2, 0) is 10.0 Å². The highest BCUT2D eigenvalue weighted by Gasteiger charge is 2.23. The van der Waals surface area contributed by atoms with Crippen molar-refractivity contribution in [3.8, 4) is 0 Å². The van der Waals surface area contributed by atoms with Crippen LogP contribution in [-0.4, -0.2) is 60.3 Å². The first kappa shape index (κ1) is 17.3. The third-order valence-corrected chi connectivity index (χ3v) is 5.31. The van der Waals surface area contributed by atoms with E-state index in [2.05, 4.69) is 29.6 Å². The zero-order valence-electron chi connectivity index (χ0n) is 14.0. The van der Waals surface area contributed by atoms with Gasteiger partial charge in [0.05, 0.1) is 11.9 Å². The van der Waals surface area contributed by atoms with Crippen molar-refractivity contribution in [3.63, 3.8) is 0 Å². The largest absolute Gasteiger partial charge is 0.352 e. The maximum absolute atomic E-state index is 12.1. The molecule has 1 aliphatic heterocycles. The SMILES string of the molecule is CCCS(=O)(=O)Nc1nccnc1N1CCN(c2cnccn2)CC1. The lowest BCUT2D eigenvalue weighted by molar-refractivity contribution is 0.599. The molecule has 0 unspecified atom stereocenters. The average molecular weight is 363 g/mol. The van der Waals surface area contributed by atoms with Crippen molar-refractivity contribution in [1.29, 1.82) is 0 Å². The van der Waals surface area contributed by atoms with E-state index in [-0.39, 0.29) is 11.6 Å².